The highest BCUT2D eigenvalue weighted by atomic mass is 16.5. The predicted molar refractivity (Wildman–Crippen MR) is 40.1 cm³/mol. The van der Waals surface area contributed by atoms with Crippen molar-refractivity contribution in [1.82, 2.24) is 10.1 Å². The highest BCUT2D eigenvalue weighted by molar-refractivity contribution is 5.28. The van der Waals surface area contributed by atoms with Crippen molar-refractivity contribution < 1.29 is 8.94 Å². The summed E-state index contributed by atoms with van der Waals surface area (Å²) in [7, 11) is 0. The van der Waals surface area contributed by atoms with Crippen LogP contribution in [0.25, 0.3) is 0 Å². The molecule has 0 saturated heterocycles. The summed E-state index contributed by atoms with van der Waals surface area (Å²) in [5.74, 6) is 1.44. The summed E-state index contributed by atoms with van der Waals surface area (Å²) < 4.78 is 9.78. The molecule has 4 heteroatoms. The van der Waals surface area contributed by atoms with Crippen molar-refractivity contribution in [2.75, 3.05) is 0 Å². The molecule has 0 spiro atoms. The van der Waals surface area contributed by atoms with E-state index in [2.05, 4.69) is 10.1 Å². The molecule has 0 bridgehead atoms. The lowest BCUT2D eigenvalue weighted by molar-refractivity contribution is 0.412. The van der Waals surface area contributed by atoms with Crippen molar-refractivity contribution in [2.24, 2.45) is 0 Å². The van der Waals surface area contributed by atoms with Gasteiger partial charge < -0.3 is 8.94 Å². The minimum atomic E-state index is 0.573. The summed E-state index contributed by atoms with van der Waals surface area (Å²) >= 11 is 0. The first kappa shape index (κ1) is 7.09. The van der Waals surface area contributed by atoms with Gasteiger partial charge >= 0.3 is 0 Å². The van der Waals surface area contributed by atoms with Crippen LogP contribution in [0.15, 0.2) is 33.7 Å². The largest absolute Gasteiger partial charge is 0.448 e. The molecule has 12 heavy (non-hydrogen) atoms. The first-order valence-electron chi connectivity index (χ1n) is 3.52. The van der Waals surface area contributed by atoms with Crippen LogP contribution in [-0.4, -0.2) is 10.1 Å². The first-order valence-corrected chi connectivity index (χ1v) is 3.52. The van der Waals surface area contributed by atoms with Gasteiger partial charge in [0.15, 0.2) is 0 Å². The Balaban J connectivity index is 2.27. The van der Waals surface area contributed by atoms with Crippen molar-refractivity contribution in [3.05, 3.63) is 42.3 Å². The Morgan fingerprint density at radius 1 is 1.42 bits per heavy atom. The van der Waals surface area contributed by atoms with Crippen LogP contribution in [0.2, 0.25) is 0 Å². The van der Waals surface area contributed by atoms with Crippen LogP contribution in [0.3, 0.4) is 0 Å². The molecule has 0 aliphatic rings. The van der Waals surface area contributed by atoms with E-state index in [4.69, 9.17) is 8.94 Å². The fourth-order valence-corrected chi connectivity index (χ4v) is 0.924. The number of aromatic nitrogens is 2. The van der Waals surface area contributed by atoms with Crippen LogP contribution in [0.5, 0.6) is 0 Å². The van der Waals surface area contributed by atoms with Gasteiger partial charge in [-0.05, 0) is 6.92 Å². The second kappa shape index (κ2) is 2.81. The fourth-order valence-electron chi connectivity index (χ4n) is 0.924. The average Bonchev–Trinajstić information content (AvgIpc) is 2.77. The second-order valence-corrected chi connectivity index (χ2v) is 2.35. The third-order valence-corrected chi connectivity index (χ3v) is 1.58. The minimum absolute atomic E-state index is 0.573. The molecule has 1 radical (unpaired) electrons. The molecule has 0 aliphatic carbocycles. The maximum atomic E-state index is 5.09. The Morgan fingerprint density at radius 3 is 2.92 bits per heavy atom. The van der Waals surface area contributed by atoms with Crippen molar-refractivity contribution in [3.63, 3.8) is 0 Å². The Bertz CT molecular complexity index is 292. The Kier molecular flexibility index (Phi) is 1.66. The van der Waals surface area contributed by atoms with E-state index in [0.717, 1.165) is 11.6 Å². The van der Waals surface area contributed by atoms with Crippen LogP contribution in [0, 0.1) is 5.92 Å². The molecular weight excluding hydrogens is 156 g/mol. The van der Waals surface area contributed by atoms with Crippen molar-refractivity contribution in [3.8, 4) is 0 Å². The van der Waals surface area contributed by atoms with Crippen LogP contribution in [-0.2, 0) is 0 Å². The quantitative estimate of drug-likeness (QED) is 0.675. The highest BCUT2D eigenvalue weighted by Crippen LogP contribution is 2.18. The third-order valence-electron chi connectivity index (χ3n) is 1.58. The highest BCUT2D eigenvalue weighted by Gasteiger charge is 2.15. The number of rotatable bonds is 2. The normalized spacial score (nSPS) is 10.8. The molecule has 0 aromatic carbocycles. The fraction of sp³-hybridized carbons (Fsp3) is 0.125. The lowest BCUT2D eigenvalue weighted by Crippen LogP contribution is -1.96. The van der Waals surface area contributed by atoms with E-state index >= 15 is 0 Å². The molecular formula is C8H7N2O2. The zero-order valence-electron chi connectivity index (χ0n) is 6.52. The van der Waals surface area contributed by atoms with Gasteiger partial charge in [-0.15, -0.1) is 0 Å². The summed E-state index contributed by atoms with van der Waals surface area (Å²) in [4.78, 5) is 3.99. The lowest BCUT2D eigenvalue weighted by Gasteiger charge is -1.98. The van der Waals surface area contributed by atoms with E-state index in [9.17, 15) is 0 Å². The van der Waals surface area contributed by atoms with Crippen molar-refractivity contribution >= 4 is 0 Å². The molecule has 4 nitrogen and oxygen atoms in total. The third kappa shape index (κ3) is 1.11. The number of hydrogen-bond donors (Lipinski definition) is 0. The van der Waals surface area contributed by atoms with E-state index < -0.39 is 0 Å². The molecule has 0 unspecified atom stereocenters. The molecule has 0 fully saturated rings. The Morgan fingerprint density at radius 2 is 2.33 bits per heavy atom. The summed E-state index contributed by atoms with van der Waals surface area (Å²) in [6.45, 7) is 1.88. The molecule has 0 N–H and O–H groups in total. The Labute approximate surface area is 69.2 Å². The standard InChI is InChI=1S/C8H7N2O2/c1-6(7-2-4-12-10-7)8-9-3-5-11-8/h2-5H,1H3. The van der Waals surface area contributed by atoms with Gasteiger partial charge in [0.25, 0.3) is 0 Å². The van der Waals surface area contributed by atoms with Gasteiger partial charge in [-0.1, -0.05) is 5.16 Å². The first-order chi connectivity index (χ1) is 5.88. The van der Waals surface area contributed by atoms with Crippen LogP contribution < -0.4 is 0 Å². The minimum Gasteiger partial charge on any atom is -0.448 e. The zero-order valence-corrected chi connectivity index (χ0v) is 6.52. The van der Waals surface area contributed by atoms with Crippen molar-refractivity contribution in [2.45, 2.75) is 6.92 Å². The molecule has 0 saturated carbocycles. The number of nitrogens with zero attached hydrogens (tertiary/aromatic N) is 2. The molecule has 2 heterocycles. The summed E-state index contributed by atoms with van der Waals surface area (Å²) in [6, 6.07) is 1.76. The molecule has 2 aromatic rings. The molecule has 0 amide bonds. The number of hydrogen-bond acceptors (Lipinski definition) is 4. The number of oxazole rings is 1. The van der Waals surface area contributed by atoms with Crippen LogP contribution >= 0.6 is 0 Å². The van der Waals surface area contributed by atoms with E-state index in [-0.39, 0.29) is 0 Å². The second-order valence-electron chi connectivity index (χ2n) is 2.35. The van der Waals surface area contributed by atoms with E-state index in [0.29, 0.717) is 5.89 Å². The van der Waals surface area contributed by atoms with Crippen LogP contribution in [0.4, 0.5) is 0 Å². The van der Waals surface area contributed by atoms with E-state index in [1.165, 1.54) is 12.5 Å². The molecule has 61 valence electrons. The van der Waals surface area contributed by atoms with Gasteiger partial charge in [0.05, 0.1) is 6.20 Å². The van der Waals surface area contributed by atoms with Gasteiger partial charge in [-0.2, -0.15) is 0 Å². The average molecular weight is 163 g/mol. The van der Waals surface area contributed by atoms with Gasteiger partial charge in [-0.3, -0.25) is 0 Å². The maximum Gasteiger partial charge on any atom is 0.207 e. The summed E-state index contributed by atoms with van der Waals surface area (Å²) in [5, 5.41) is 3.76. The summed E-state index contributed by atoms with van der Waals surface area (Å²) in [5.41, 5.74) is 0.748. The molecule has 2 aromatic heterocycles. The SMILES string of the molecule is C[C](c1ccon1)c1ncco1. The molecule has 0 aliphatic heterocycles. The van der Waals surface area contributed by atoms with Gasteiger partial charge in [0.2, 0.25) is 5.89 Å². The topological polar surface area (TPSA) is 52.1 Å². The van der Waals surface area contributed by atoms with Gasteiger partial charge in [0.1, 0.15) is 24.1 Å². The monoisotopic (exact) mass is 163 g/mol. The molecule has 0 atom stereocenters. The maximum absolute atomic E-state index is 5.09. The van der Waals surface area contributed by atoms with E-state index in [1.807, 2.05) is 6.92 Å². The van der Waals surface area contributed by atoms with Crippen molar-refractivity contribution in [1.29, 1.82) is 0 Å². The lowest BCUT2D eigenvalue weighted by atomic mass is 10.1. The zero-order chi connectivity index (χ0) is 8.39. The van der Waals surface area contributed by atoms with E-state index in [1.54, 1.807) is 12.3 Å². The summed E-state index contributed by atoms with van der Waals surface area (Å²) in [6.07, 6.45) is 4.64. The molecule has 2 rings (SSSR count). The van der Waals surface area contributed by atoms with Gasteiger partial charge in [-0.25, -0.2) is 4.98 Å². The Hall–Kier alpha value is -1.58. The predicted octanol–water partition coefficient (Wildman–Crippen LogP) is 1.65. The van der Waals surface area contributed by atoms with Crippen LogP contribution in [0.1, 0.15) is 18.5 Å². The van der Waals surface area contributed by atoms with Gasteiger partial charge in [0, 0.05) is 6.07 Å². The smallest absolute Gasteiger partial charge is 0.207 e.